The Bertz CT molecular complexity index is 1350. The van der Waals surface area contributed by atoms with E-state index in [0.717, 1.165) is 16.9 Å². The molecule has 0 radical (unpaired) electrons. The predicted molar refractivity (Wildman–Crippen MR) is 144 cm³/mol. The van der Waals surface area contributed by atoms with Gasteiger partial charge in [0.15, 0.2) is 11.5 Å². The number of aromatic nitrogens is 1. The molecule has 0 aliphatic heterocycles. The fourth-order valence-electron chi connectivity index (χ4n) is 4.05. The Kier molecular flexibility index (Phi) is 8.00. The normalized spacial score (nSPS) is 11.4. The van der Waals surface area contributed by atoms with Gasteiger partial charge in [-0.25, -0.2) is 0 Å². The van der Waals surface area contributed by atoms with Crippen LogP contribution in [0.3, 0.4) is 0 Å². The van der Waals surface area contributed by atoms with E-state index >= 15 is 0 Å². The first-order valence-corrected chi connectivity index (χ1v) is 11.7. The molecule has 1 heterocycles. The van der Waals surface area contributed by atoms with E-state index in [0.29, 0.717) is 29.2 Å². The van der Waals surface area contributed by atoms with Crippen LogP contribution >= 0.6 is 0 Å². The Balaban J connectivity index is 1.69. The number of nitrogens with one attached hydrogen (secondary N) is 1. The second kappa shape index (κ2) is 11.7. The number of amidine groups is 1. The van der Waals surface area contributed by atoms with Crippen LogP contribution in [0.4, 0.5) is 5.69 Å². The number of rotatable bonds is 11. The molecule has 8 heteroatoms. The minimum absolute atomic E-state index is 0.0290. The molecule has 1 aromatic heterocycles. The third kappa shape index (κ3) is 6.24. The Morgan fingerprint density at radius 1 is 0.946 bits per heavy atom. The second-order valence-electron chi connectivity index (χ2n) is 8.40. The zero-order valence-electron chi connectivity index (χ0n) is 20.5. The van der Waals surface area contributed by atoms with Crippen LogP contribution in [-0.2, 0) is 17.9 Å². The lowest BCUT2D eigenvalue weighted by Gasteiger charge is -2.32. The van der Waals surface area contributed by atoms with Crippen molar-refractivity contribution in [2.45, 2.75) is 19.2 Å². The number of nitrogen functional groups attached to an aromatic ring is 1. The Morgan fingerprint density at radius 2 is 1.68 bits per heavy atom. The van der Waals surface area contributed by atoms with Gasteiger partial charge in [-0.15, -0.1) is 0 Å². The molecule has 0 saturated heterocycles. The Hall–Kier alpha value is -4.85. The Morgan fingerprint density at radius 3 is 2.30 bits per heavy atom. The number of hydrogen-bond donors (Lipinski definition) is 3. The summed E-state index contributed by atoms with van der Waals surface area (Å²) in [5, 5.41) is 7.69. The Labute approximate surface area is 216 Å². The number of hydrogen-bond acceptors (Lipinski definition) is 6. The van der Waals surface area contributed by atoms with Crippen LogP contribution in [0.5, 0.6) is 11.5 Å². The number of amides is 1. The van der Waals surface area contributed by atoms with E-state index in [2.05, 4.69) is 4.98 Å². The smallest absolute Gasteiger partial charge is 0.244 e. The highest BCUT2D eigenvalue weighted by atomic mass is 16.5. The van der Waals surface area contributed by atoms with Gasteiger partial charge >= 0.3 is 0 Å². The SMILES string of the molecule is COc1cc(C(C(N)=O)N(Cc2ccccc2)c2ccc(C(=N)N)cc2)ccc1OCc1ccccn1. The van der Waals surface area contributed by atoms with Gasteiger partial charge in [-0.1, -0.05) is 42.5 Å². The molecule has 4 aromatic rings. The molecular weight excluding hydrogens is 466 g/mol. The van der Waals surface area contributed by atoms with Gasteiger partial charge < -0.3 is 25.8 Å². The minimum Gasteiger partial charge on any atom is -0.493 e. The number of benzene rings is 3. The van der Waals surface area contributed by atoms with Crippen molar-refractivity contribution >= 4 is 17.4 Å². The van der Waals surface area contributed by atoms with Crippen molar-refractivity contribution in [3.63, 3.8) is 0 Å². The number of anilines is 1. The summed E-state index contributed by atoms with van der Waals surface area (Å²) in [7, 11) is 1.55. The summed E-state index contributed by atoms with van der Waals surface area (Å²) >= 11 is 0. The minimum atomic E-state index is -0.804. The van der Waals surface area contributed by atoms with Crippen molar-refractivity contribution in [2.24, 2.45) is 11.5 Å². The van der Waals surface area contributed by atoms with Gasteiger partial charge in [-0.05, 0) is 59.7 Å². The van der Waals surface area contributed by atoms with E-state index in [-0.39, 0.29) is 12.4 Å². The highest BCUT2D eigenvalue weighted by molar-refractivity contribution is 5.95. The van der Waals surface area contributed by atoms with Crippen molar-refractivity contribution in [3.05, 3.63) is 120 Å². The molecule has 1 unspecified atom stereocenters. The van der Waals surface area contributed by atoms with Gasteiger partial charge in [-0.3, -0.25) is 15.2 Å². The van der Waals surface area contributed by atoms with Gasteiger partial charge in [-0.2, -0.15) is 0 Å². The number of nitrogens with two attached hydrogens (primary N) is 2. The molecule has 3 aromatic carbocycles. The molecule has 0 aliphatic carbocycles. The van der Waals surface area contributed by atoms with E-state index in [1.165, 1.54) is 0 Å². The maximum Gasteiger partial charge on any atom is 0.244 e. The monoisotopic (exact) mass is 495 g/mol. The molecule has 5 N–H and O–H groups in total. The summed E-state index contributed by atoms with van der Waals surface area (Å²) in [5.41, 5.74) is 15.4. The van der Waals surface area contributed by atoms with Gasteiger partial charge in [0, 0.05) is 24.0 Å². The summed E-state index contributed by atoms with van der Waals surface area (Å²) in [5.74, 6) is 0.459. The molecule has 37 heavy (non-hydrogen) atoms. The van der Waals surface area contributed by atoms with E-state index in [9.17, 15) is 4.79 Å². The maximum atomic E-state index is 12.9. The second-order valence-corrected chi connectivity index (χ2v) is 8.40. The lowest BCUT2D eigenvalue weighted by molar-refractivity contribution is -0.119. The zero-order valence-corrected chi connectivity index (χ0v) is 20.5. The molecule has 0 spiro atoms. The molecule has 0 saturated carbocycles. The maximum absolute atomic E-state index is 12.9. The molecule has 0 bridgehead atoms. The predicted octanol–water partition coefficient (Wildman–Crippen LogP) is 4.19. The van der Waals surface area contributed by atoms with E-state index < -0.39 is 11.9 Å². The number of primary amides is 1. The number of carbonyl (C=O) groups excluding carboxylic acids is 1. The largest absolute Gasteiger partial charge is 0.493 e. The first-order valence-electron chi connectivity index (χ1n) is 11.7. The summed E-state index contributed by atoms with van der Waals surface area (Å²) < 4.78 is 11.5. The number of methoxy groups -OCH3 is 1. The molecule has 4 rings (SSSR count). The molecule has 0 aliphatic rings. The molecule has 188 valence electrons. The molecular formula is C29H29N5O3. The van der Waals surface area contributed by atoms with E-state index in [1.807, 2.05) is 71.6 Å². The van der Waals surface area contributed by atoms with Gasteiger partial charge in [0.05, 0.1) is 12.8 Å². The van der Waals surface area contributed by atoms with Gasteiger partial charge in [0.1, 0.15) is 18.5 Å². The van der Waals surface area contributed by atoms with Crippen molar-refractivity contribution in [3.8, 4) is 11.5 Å². The van der Waals surface area contributed by atoms with Gasteiger partial charge in [0.25, 0.3) is 0 Å². The highest BCUT2D eigenvalue weighted by Gasteiger charge is 2.28. The van der Waals surface area contributed by atoms with Crippen LogP contribution in [0, 0.1) is 5.41 Å². The quantitative estimate of drug-likeness (QED) is 0.212. The molecule has 0 fully saturated rings. The van der Waals surface area contributed by atoms with Crippen LogP contribution in [0.25, 0.3) is 0 Å². The zero-order chi connectivity index (χ0) is 26.2. The number of pyridine rings is 1. The third-order valence-corrected chi connectivity index (χ3v) is 5.89. The third-order valence-electron chi connectivity index (χ3n) is 5.89. The van der Waals surface area contributed by atoms with Crippen molar-refractivity contribution in [1.82, 2.24) is 4.98 Å². The van der Waals surface area contributed by atoms with Gasteiger partial charge in [0.2, 0.25) is 5.91 Å². The fourth-order valence-corrected chi connectivity index (χ4v) is 4.05. The lowest BCUT2D eigenvalue weighted by atomic mass is 10.0. The van der Waals surface area contributed by atoms with Crippen LogP contribution < -0.4 is 25.8 Å². The standard InChI is InChI=1S/C29H29N5O3/c1-36-26-17-22(12-15-25(26)37-19-23-9-5-6-16-33-23)27(29(32)35)34(18-20-7-3-2-4-8-20)24-13-10-21(11-14-24)28(30)31/h2-17,27H,18-19H2,1H3,(H3,30,31)(H2,32,35). The number of ether oxygens (including phenoxy) is 2. The summed E-state index contributed by atoms with van der Waals surface area (Å²) in [4.78, 5) is 19.1. The van der Waals surface area contributed by atoms with E-state index in [1.54, 1.807) is 37.6 Å². The summed E-state index contributed by atoms with van der Waals surface area (Å²) in [6.45, 7) is 0.701. The van der Waals surface area contributed by atoms with Crippen LogP contribution in [0.15, 0.2) is 97.2 Å². The van der Waals surface area contributed by atoms with Crippen LogP contribution in [0.2, 0.25) is 0 Å². The summed E-state index contributed by atoms with van der Waals surface area (Å²) in [6.07, 6.45) is 1.71. The first-order chi connectivity index (χ1) is 18.0. The number of nitrogens with zero attached hydrogens (tertiary/aromatic N) is 2. The molecule has 1 amide bonds. The van der Waals surface area contributed by atoms with Crippen molar-refractivity contribution < 1.29 is 14.3 Å². The fraction of sp³-hybridized carbons (Fsp3) is 0.138. The molecule has 8 nitrogen and oxygen atoms in total. The summed E-state index contributed by atoms with van der Waals surface area (Å²) in [6, 6.07) is 27.1. The van der Waals surface area contributed by atoms with Crippen molar-refractivity contribution in [1.29, 1.82) is 5.41 Å². The average molecular weight is 496 g/mol. The van der Waals surface area contributed by atoms with Crippen LogP contribution in [0.1, 0.15) is 28.4 Å². The first kappa shape index (κ1) is 25.2. The number of carbonyl (C=O) groups is 1. The highest BCUT2D eigenvalue weighted by Crippen LogP contribution is 2.35. The van der Waals surface area contributed by atoms with E-state index in [4.69, 9.17) is 26.4 Å². The lowest BCUT2D eigenvalue weighted by Crippen LogP contribution is -2.37. The van der Waals surface area contributed by atoms with Crippen molar-refractivity contribution in [2.75, 3.05) is 12.0 Å². The topological polar surface area (TPSA) is 128 Å². The van der Waals surface area contributed by atoms with Crippen LogP contribution in [-0.4, -0.2) is 23.8 Å². The average Bonchev–Trinajstić information content (AvgIpc) is 2.93. The molecule has 1 atom stereocenters.